The van der Waals surface area contributed by atoms with Crippen LogP contribution in [0.3, 0.4) is 0 Å². The second kappa shape index (κ2) is 10.2. The monoisotopic (exact) mass is 469 g/mol. The van der Waals surface area contributed by atoms with E-state index >= 15 is 0 Å². The lowest BCUT2D eigenvalue weighted by molar-refractivity contribution is -0.114. The molecular formula is C24H31N5O3S. The lowest BCUT2D eigenvalue weighted by Crippen LogP contribution is -2.44. The predicted octanol–water partition coefficient (Wildman–Crippen LogP) is 3.25. The van der Waals surface area contributed by atoms with Gasteiger partial charge >= 0.3 is 0 Å². The minimum Gasteiger partial charge on any atom is -0.350 e. The van der Waals surface area contributed by atoms with Crippen molar-refractivity contribution in [2.45, 2.75) is 32.1 Å². The Kier molecular flexibility index (Phi) is 7.55. The van der Waals surface area contributed by atoms with Crippen LogP contribution in [0.1, 0.15) is 31.0 Å². The molecule has 1 atom stereocenters. The number of aryl methyl sites for hydroxylation is 3. The number of hydrogen-bond donors (Lipinski definition) is 2. The van der Waals surface area contributed by atoms with Gasteiger partial charge in [-0.2, -0.15) is 5.10 Å². The predicted molar refractivity (Wildman–Crippen MR) is 133 cm³/mol. The molecule has 3 aromatic rings. The SMILES string of the molecule is C=CC(NCCCC)S(=O)(=O)NC(=O)/C=C/c1c(C)nn(C)c1-c1cn(C)c2ccccc12. The van der Waals surface area contributed by atoms with Gasteiger partial charge in [-0.1, -0.05) is 37.6 Å². The van der Waals surface area contributed by atoms with Crippen LogP contribution in [0.4, 0.5) is 0 Å². The van der Waals surface area contributed by atoms with E-state index in [-0.39, 0.29) is 0 Å². The van der Waals surface area contributed by atoms with Gasteiger partial charge < -0.3 is 4.57 Å². The van der Waals surface area contributed by atoms with Crippen molar-refractivity contribution < 1.29 is 13.2 Å². The van der Waals surface area contributed by atoms with Gasteiger partial charge in [-0.25, -0.2) is 13.1 Å². The molecule has 2 heterocycles. The largest absolute Gasteiger partial charge is 0.350 e. The van der Waals surface area contributed by atoms with Crippen molar-refractivity contribution in [2.24, 2.45) is 14.1 Å². The number of sulfonamides is 1. The Hall–Kier alpha value is -3.17. The summed E-state index contributed by atoms with van der Waals surface area (Å²) in [5, 5.41) is 7.43. The lowest BCUT2D eigenvalue weighted by atomic mass is 10.0. The third-order valence-electron chi connectivity index (χ3n) is 5.49. The summed E-state index contributed by atoms with van der Waals surface area (Å²) >= 11 is 0. The van der Waals surface area contributed by atoms with E-state index in [0.29, 0.717) is 6.54 Å². The van der Waals surface area contributed by atoms with E-state index in [1.807, 2.05) is 63.0 Å². The Morgan fingerprint density at radius 3 is 2.70 bits per heavy atom. The van der Waals surface area contributed by atoms with E-state index in [1.54, 1.807) is 10.8 Å². The lowest BCUT2D eigenvalue weighted by Gasteiger charge is -2.15. The van der Waals surface area contributed by atoms with Crippen molar-refractivity contribution in [1.82, 2.24) is 24.4 Å². The van der Waals surface area contributed by atoms with Gasteiger partial charge in [0.15, 0.2) is 0 Å². The molecule has 9 heteroatoms. The fourth-order valence-electron chi connectivity index (χ4n) is 3.86. The average molecular weight is 470 g/mol. The number of hydrogen-bond acceptors (Lipinski definition) is 5. The summed E-state index contributed by atoms with van der Waals surface area (Å²) in [4.78, 5) is 12.5. The van der Waals surface area contributed by atoms with E-state index in [9.17, 15) is 13.2 Å². The maximum atomic E-state index is 12.6. The summed E-state index contributed by atoms with van der Waals surface area (Å²) in [5.74, 6) is -0.730. The van der Waals surface area contributed by atoms with Gasteiger partial charge in [-0.15, -0.1) is 6.58 Å². The maximum absolute atomic E-state index is 12.6. The quantitative estimate of drug-likeness (QED) is 0.270. The molecule has 3 rings (SSSR count). The summed E-state index contributed by atoms with van der Waals surface area (Å²) in [6.07, 6.45) is 7.89. The highest BCUT2D eigenvalue weighted by Gasteiger charge is 2.23. The molecule has 0 fully saturated rings. The molecule has 0 saturated carbocycles. The molecule has 0 spiro atoms. The molecule has 33 heavy (non-hydrogen) atoms. The Balaban J connectivity index is 1.88. The average Bonchev–Trinajstić information content (AvgIpc) is 3.24. The van der Waals surface area contributed by atoms with Crippen LogP contribution in [0.2, 0.25) is 0 Å². The second-order valence-corrected chi connectivity index (χ2v) is 9.75. The first-order valence-electron chi connectivity index (χ1n) is 10.9. The zero-order chi connectivity index (χ0) is 24.2. The Labute approximate surface area is 195 Å². The fraction of sp³-hybridized carbons (Fsp3) is 0.333. The number of nitrogens with zero attached hydrogens (tertiary/aromatic N) is 3. The van der Waals surface area contributed by atoms with Gasteiger partial charge in [0, 0.05) is 48.4 Å². The van der Waals surface area contributed by atoms with Crippen molar-refractivity contribution in [3.63, 3.8) is 0 Å². The first kappa shape index (κ1) is 24.5. The van der Waals surface area contributed by atoms with Crippen molar-refractivity contribution in [3.05, 3.63) is 60.5 Å². The molecule has 2 N–H and O–H groups in total. The van der Waals surface area contributed by atoms with Crippen LogP contribution in [-0.2, 0) is 28.9 Å². The molecule has 0 aliphatic carbocycles. The normalized spacial score (nSPS) is 13.0. The van der Waals surface area contributed by atoms with Crippen molar-refractivity contribution >= 4 is 32.9 Å². The summed E-state index contributed by atoms with van der Waals surface area (Å²) in [6, 6.07) is 8.05. The van der Waals surface area contributed by atoms with E-state index in [1.165, 1.54) is 12.2 Å². The number of carbonyl (C=O) groups excluding carboxylic acids is 1. The van der Waals surface area contributed by atoms with Crippen molar-refractivity contribution in [1.29, 1.82) is 0 Å². The third-order valence-corrected chi connectivity index (χ3v) is 7.00. The Morgan fingerprint density at radius 2 is 2.00 bits per heavy atom. The van der Waals surface area contributed by atoms with E-state index < -0.39 is 21.3 Å². The minimum atomic E-state index is -3.95. The van der Waals surface area contributed by atoms with Crippen LogP contribution in [-0.4, -0.2) is 40.6 Å². The number of benzene rings is 1. The molecule has 0 aliphatic rings. The number of rotatable bonds is 10. The number of amides is 1. The van der Waals surface area contributed by atoms with Gasteiger partial charge in [0.25, 0.3) is 15.9 Å². The molecule has 0 aliphatic heterocycles. The third kappa shape index (κ3) is 5.26. The van der Waals surface area contributed by atoms with Crippen molar-refractivity contribution in [2.75, 3.05) is 6.54 Å². The number of unbranched alkanes of at least 4 members (excludes halogenated alkanes) is 1. The van der Waals surface area contributed by atoms with Gasteiger partial charge in [-0.3, -0.25) is 14.8 Å². The molecule has 0 saturated heterocycles. The van der Waals surface area contributed by atoms with Crippen LogP contribution < -0.4 is 10.0 Å². The first-order chi connectivity index (χ1) is 15.7. The number of para-hydroxylation sites is 1. The van der Waals surface area contributed by atoms with Crippen LogP contribution in [0.25, 0.3) is 28.2 Å². The first-order valence-corrected chi connectivity index (χ1v) is 12.4. The summed E-state index contributed by atoms with van der Waals surface area (Å²) in [6.45, 7) is 7.95. The second-order valence-electron chi connectivity index (χ2n) is 7.95. The molecule has 2 aromatic heterocycles. The van der Waals surface area contributed by atoms with Crippen molar-refractivity contribution in [3.8, 4) is 11.3 Å². The maximum Gasteiger partial charge on any atom is 0.257 e. The zero-order valence-corrected chi connectivity index (χ0v) is 20.3. The zero-order valence-electron chi connectivity index (χ0n) is 19.5. The Morgan fingerprint density at radius 1 is 1.27 bits per heavy atom. The Bertz CT molecular complexity index is 1300. The molecule has 1 unspecified atom stereocenters. The highest BCUT2D eigenvalue weighted by Crippen LogP contribution is 2.33. The number of aromatic nitrogens is 3. The standard InChI is InChI=1S/C24H31N5O3S/c1-6-8-15-25-23(7-2)33(31,32)27-22(30)14-13-18-17(3)26-29(5)24(18)20-16-28(4)21-12-10-9-11-19(20)21/h7,9-14,16,23,25H,2,6,8,15H2,1,3-5H3,(H,27,30)/b14-13+. The molecule has 1 amide bonds. The summed E-state index contributed by atoms with van der Waals surface area (Å²) in [7, 11) is -0.124. The molecular weight excluding hydrogens is 438 g/mol. The van der Waals surface area contributed by atoms with E-state index in [2.05, 4.69) is 21.7 Å². The fourth-order valence-corrected chi connectivity index (χ4v) is 4.93. The number of nitrogens with one attached hydrogen (secondary N) is 2. The number of carbonyl (C=O) groups is 1. The van der Waals surface area contributed by atoms with E-state index in [4.69, 9.17) is 0 Å². The summed E-state index contributed by atoms with van der Waals surface area (Å²) in [5.41, 5.74) is 4.40. The van der Waals surface area contributed by atoms with Gasteiger partial charge in [0.2, 0.25) is 0 Å². The molecule has 8 nitrogen and oxygen atoms in total. The highest BCUT2D eigenvalue weighted by molar-refractivity contribution is 7.90. The molecule has 1 aromatic carbocycles. The smallest absolute Gasteiger partial charge is 0.257 e. The van der Waals surface area contributed by atoms with Gasteiger partial charge in [0.05, 0.1) is 11.4 Å². The van der Waals surface area contributed by atoms with Crippen LogP contribution in [0.5, 0.6) is 0 Å². The van der Waals surface area contributed by atoms with Gasteiger partial charge in [-0.05, 0) is 32.0 Å². The highest BCUT2D eigenvalue weighted by atomic mass is 32.2. The molecule has 176 valence electrons. The van der Waals surface area contributed by atoms with Gasteiger partial charge in [0.1, 0.15) is 5.37 Å². The molecule has 0 bridgehead atoms. The topological polar surface area (TPSA) is 98.0 Å². The van der Waals surface area contributed by atoms with Crippen LogP contribution in [0.15, 0.2) is 49.2 Å². The molecule has 0 radical (unpaired) electrons. The van der Waals surface area contributed by atoms with E-state index in [0.717, 1.165) is 46.3 Å². The summed E-state index contributed by atoms with van der Waals surface area (Å²) < 4.78 is 31.1. The van der Waals surface area contributed by atoms with Crippen LogP contribution in [0, 0.1) is 6.92 Å². The van der Waals surface area contributed by atoms with Crippen LogP contribution >= 0.6 is 0 Å². The number of fused-ring (bicyclic) bond motifs is 1. The minimum absolute atomic E-state index is 0.515.